The molecule has 0 bridgehead atoms. The molecule has 0 unspecified atom stereocenters. The van der Waals surface area contributed by atoms with Gasteiger partial charge in [0.1, 0.15) is 11.6 Å². The van der Waals surface area contributed by atoms with E-state index in [0.29, 0.717) is 0 Å². The number of rotatable bonds is 7. The Bertz CT molecular complexity index is 531. The molecule has 0 saturated heterocycles. The Kier molecular flexibility index (Phi) is 5.87. The third-order valence-electron chi connectivity index (χ3n) is 2.89. The number of benzene rings is 1. The Morgan fingerprint density at radius 2 is 2.15 bits per heavy atom. The van der Waals surface area contributed by atoms with Gasteiger partial charge < -0.3 is 10.1 Å². The van der Waals surface area contributed by atoms with Gasteiger partial charge in [0, 0.05) is 12.7 Å². The maximum absolute atomic E-state index is 5.72. The van der Waals surface area contributed by atoms with Crippen LogP contribution in [0.25, 0.3) is 0 Å². The first-order chi connectivity index (χ1) is 9.79. The SMILES string of the molecule is CCCCOc1ccc(CNc2ccccn2)cc1Br. The molecule has 0 spiro atoms. The van der Waals surface area contributed by atoms with Crippen molar-refractivity contribution in [3.8, 4) is 5.75 Å². The monoisotopic (exact) mass is 334 g/mol. The van der Waals surface area contributed by atoms with Gasteiger partial charge in [-0.3, -0.25) is 0 Å². The van der Waals surface area contributed by atoms with E-state index in [4.69, 9.17) is 4.74 Å². The molecule has 1 aromatic heterocycles. The minimum absolute atomic E-state index is 0.741. The maximum atomic E-state index is 5.72. The van der Waals surface area contributed by atoms with E-state index < -0.39 is 0 Å². The highest BCUT2D eigenvalue weighted by molar-refractivity contribution is 9.10. The first-order valence-corrected chi connectivity index (χ1v) is 7.65. The number of hydrogen-bond donors (Lipinski definition) is 1. The highest BCUT2D eigenvalue weighted by Crippen LogP contribution is 2.26. The van der Waals surface area contributed by atoms with Crippen LogP contribution in [0.1, 0.15) is 25.3 Å². The molecule has 2 aromatic rings. The van der Waals surface area contributed by atoms with Crippen LogP contribution in [0.15, 0.2) is 47.1 Å². The summed E-state index contributed by atoms with van der Waals surface area (Å²) in [6.07, 6.45) is 4.00. The molecule has 20 heavy (non-hydrogen) atoms. The molecule has 106 valence electrons. The molecular formula is C16H19BrN2O. The number of pyridine rings is 1. The number of ether oxygens (including phenoxy) is 1. The number of hydrogen-bond acceptors (Lipinski definition) is 3. The van der Waals surface area contributed by atoms with E-state index in [1.807, 2.05) is 24.3 Å². The van der Waals surface area contributed by atoms with Gasteiger partial charge in [0.15, 0.2) is 0 Å². The number of unbranched alkanes of at least 4 members (excludes halogenated alkanes) is 1. The fraction of sp³-hybridized carbons (Fsp3) is 0.312. The number of anilines is 1. The molecule has 1 N–H and O–H groups in total. The van der Waals surface area contributed by atoms with Crippen LogP contribution < -0.4 is 10.1 Å². The van der Waals surface area contributed by atoms with E-state index in [1.165, 1.54) is 5.56 Å². The van der Waals surface area contributed by atoms with Crippen molar-refractivity contribution in [1.82, 2.24) is 4.98 Å². The largest absolute Gasteiger partial charge is 0.492 e. The van der Waals surface area contributed by atoms with Gasteiger partial charge in [0.05, 0.1) is 11.1 Å². The van der Waals surface area contributed by atoms with Crippen LogP contribution in [0.2, 0.25) is 0 Å². The second kappa shape index (κ2) is 7.90. The molecular weight excluding hydrogens is 316 g/mol. The lowest BCUT2D eigenvalue weighted by Crippen LogP contribution is -2.02. The average molecular weight is 335 g/mol. The summed E-state index contributed by atoms with van der Waals surface area (Å²) in [6, 6.07) is 12.0. The van der Waals surface area contributed by atoms with Crippen LogP contribution in [0, 0.1) is 0 Å². The zero-order valence-corrected chi connectivity index (χ0v) is 13.2. The summed E-state index contributed by atoms with van der Waals surface area (Å²) >= 11 is 3.56. The summed E-state index contributed by atoms with van der Waals surface area (Å²) in [6.45, 7) is 3.66. The molecule has 1 heterocycles. The van der Waals surface area contributed by atoms with Gasteiger partial charge in [-0.2, -0.15) is 0 Å². The zero-order chi connectivity index (χ0) is 14.2. The van der Waals surface area contributed by atoms with E-state index >= 15 is 0 Å². The van der Waals surface area contributed by atoms with Gasteiger partial charge >= 0.3 is 0 Å². The minimum atomic E-state index is 0.741. The summed E-state index contributed by atoms with van der Waals surface area (Å²) in [4.78, 5) is 4.24. The van der Waals surface area contributed by atoms with Crippen LogP contribution in [0.5, 0.6) is 5.75 Å². The fourth-order valence-electron chi connectivity index (χ4n) is 1.76. The van der Waals surface area contributed by atoms with Crippen molar-refractivity contribution in [2.75, 3.05) is 11.9 Å². The first kappa shape index (κ1) is 14.9. The van der Waals surface area contributed by atoms with Crippen molar-refractivity contribution in [3.63, 3.8) is 0 Å². The summed E-state index contributed by atoms with van der Waals surface area (Å²) < 4.78 is 6.71. The van der Waals surface area contributed by atoms with Crippen molar-refractivity contribution < 1.29 is 4.74 Å². The predicted molar refractivity (Wildman–Crippen MR) is 86.1 cm³/mol. The summed E-state index contributed by atoms with van der Waals surface area (Å²) in [5, 5.41) is 3.29. The van der Waals surface area contributed by atoms with E-state index in [9.17, 15) is 0 Å². The Morgan fingerprint density at radius 3 is 2.85 bits per heavy atom. The van der Waals surface area contributed by atoms with Crippen LogP contribution in [-0.4, -0.2) is 11.6 Å². The molecule has 0 radical (unpaired) electrons. The van der Waals surface area contributed by atoms with E-state index in [0.717, 1.165) is 42.0 Å². The standard InChI is InChI=1S/C16H19BrN2O/c1-2-3-10-20-15-8-7-13(11-14(15)17)12-19-16-6-4-5-9-18-16/h4-9,11H,2-3,10,12H2,1H3,(H,18,19). The number of halogens is 1. The maximum Gasteiger partial charge on any atom is 0.133 e. The highest BCUT2D eigenvalue weighted by Gasteiger charge is 2.03. The molecule has 0 fully saturated rings. The molecule has 2 rings (SSSR count). The van der Waals surface area contributed by atoms with Crippen molar-refractivity contribution >= 4 is 21.7 Å². The normalized spacial score (nSPS) is 10.3. The summed E-state index contributed by atoms with van der Waals surface area (Å²) in [7, 11) is 0. The Labute approximate surface area is 128 Å². The Hall–Kier alpha value is -1.55. The van der Waals surface area contributed by atoms with Gasteiger partial charge in [-0.15, -0.1) is 0 Å². The zero-order valence-electron chi connectivity index (χ0n) is 11.6. The quantitative estimate of drug-likeness (QED) is 0.749. The van der Waals surface area contributed by atoms with E-state index in [2.05, 4.69) is 45.3 Å². The van der Waals surface area contributed by atoms with Crippen molar-refractivity contribution in [2.24, 2.45) is 0 Å². The molecule has 0 aliphatic rings. The van der Waals surface area contributed by atoms with Crippen LogP contribution in [0.3, 0.4) is 0 Å². The minimum Gasteiger partial charge on any atom is -0.492 e. The van der Waals surface area contributed by atoms with Gasteiger partial charge in [0.25, 0.3) is 0 Å². The topological polar surface area (TPSA) is 34.1 Å². The van der Waals surface area contributed by atoms with Crippen LogP contribution in [0.4, 0.5) is 5.82 Å². The van der Waals surface area contributed by atoms with Gasteiger partial charge in [-0.05, 0) is 52.2 Å². The second-order valence-corrected chi connectivity index (χ2v) is 5.39. The molecule has 0 atom stereocenters. The van der Waals surface area contributed by atoms with E-state index in [1.54, 1.807) is 6.20 Å². The number of nitrogens with one attached hydrogen (secondary N) is 1. The van der Waals surface area contributed by atoms with Gasteiger partial charge in [-0.25, -0.2) is 4.98 Å². The molecule has 0 aliphatic carbocycles. The van der Waals surface area contributed by atoms with Gasteiger partial charge in [-0.1, -0.05) is 25.5 Å². The molecule has 0 saturated carbocycles. The molecule has 4 heteroatoms. The van der Waals surface area contributed by atoms with Crippen molar-refractivity contribution in [3.05, 3.63) is 52.6 Å². The van der Waals surface area contributed by atoms with Crippen LogP contribution in [-0.2, 0) is 6.54 Å². The van der Waals surface area contributed by atoms with Crippen molar-refractivity contribution in [2.45, 2.75) is 26.3 Å². The second-order valence-electron chi connectivity index (χ2n) is 4.54. The Balaban J connectivity index is 1.91. The molecule has 3 nitrogen and oxygen atoms in total. The number of nitrogens with zero attached hydrogens (tertiary/aromatic N) is 1. The lowest BCUT2D eigenvalue weighted by molar-refractivity contribution is 0.307. The highest BCUT2D eigenvalue weighted by atomic mass is 79.9. The lowest BCUT2D eigenvalue weighted by Gasteiger charge is -2.10. The lowest BCUT2D eigenvalue weighted by atomic mass is 10.2. The number of aromatic nitrogens is 1. The molecule has 0 amide bonds. The first-order valence-electron chi connectivity index (χ1n) is 6.85. The smallest absolute Gasteiger partial charge is 0.133 e. The predicted octanol–water partition coefficient (Wildman–Crippen LogP) is 4.64. The van der Waals surface area contributed by atoms with Crippen LogP contribution >= 0.6 is 15.9 Å². The molecule has 1 aromatic carbocycles. The average Bonchev–Trinajstić information content (AvgIpc) is 2.48. The third kappa shape index (κ3) is 4.53. The summed E-state index contributed by atoms with van der Waals surface area (Å²) in [5.41, 5.74) is 1.19. The van der Waals surface area contributed by atoms with Crippen molar-refractivity contribution in [1.29, 1.82) is 0 Å². The summed E-state index contributed by atoms with van der Waals surface area (Å²) in [5.74, 6) is 1.78. The third-order valence-corrected chi connectivity index (χ3v) is 3.51. The Morgan fingerprint density at radius 1 is 1.25 bits per heavy atom. The van der Waals surface area contributed by atoms with E-state index in [-0.39, 0.29) is 0 Å². The molecule has 0 aliphatic heterocycles. The van der Waals surface area contributed by atoms with Gasteiger partial charge in [0.2, 0.25) is 0 Å². The fourth-order valence-corrected chi connectivity index (χ4v) is 2.30.